The standard InChI is InChI=1S/C21H20N4O3/c1-26-15-8-6-14(7-9-15)17-19(11-22,12-23)20(13-24)16-5-3-2-4-10-21(16,27-17)28-18(20)25/h6-9,16-17,25H,2-5,10H2,1H3/t16-,17-,20+,21-/m1/s1. The Labute approximate surface area is 163 Å². The van der Waals surface area contributed by atoms with E-state index in [9.17, 15) is 15.8 Å². The molecular formula is C21H20N4O3. The summed E-state index contributed by atoms with van der Waals surface area (Å²) < 4.78 is 17.5. The van der Waals surface area contributed by atoms with Crippen molar-refractivity contribution in [2.75, 3.05) is 7.11 Å². The van der Waals surface area contributed by atoms with Gasteiger partial charge < -0.3 is 14.2 Å². The average Bonchev–Trinajstić information content (AvgIpc) is 2.86. The second-order valence-corrected chi connectivity index (χ2v) is 7.62. The minimum absolute atomic E-state index is 0.319. The van der Waals surface area contributed by atoms with E-state index >= 15 is 0 Å². The average molecular weight is 376 g/mol. The Morgan fingerprint density at radius 1 is 1.07 bits per heavy atom. The van der Waals surface area contributed by atoms with Crippen LogP contribution in [0.1, 0.15) is 43.8 Å². The summed E-state index contributed by atoms with van der Waals surface area (Å²) in [7, 11) is 1.55. The molecule has 1 N–H and O–H groups in total. The molecule has 0 spiro atoms. The zero-order chi connectivity index (χ0) is 20.0. The van der Waals surface area contributed by atoms with Gasteiger partial charge in [0.05, 0.1) is 31.2 Å². The summed E-state index contributed by atoms with van der Waals surface area (Å²) in [4.78, 5) is 0. The summed E-state index contributed by atoms with van der Waals surface area (Å²) in [5.74, 6) is -1.35. The predicted octanol–water partition coefficient (Wildman–Crippen LogP) is 3.59. The minimum atomic E-state index is -1.89. The van der Waals surface area contributed by atoms with E-state index in [4.69, 9.17) is 19.6 Å². The molecule has 2 aliphatic heterocycles. The first-order chi connectivity index (χ1) is 13.5. The molecule has 0 amide bonds. The topological polar surface area (TPSA) is 123 Å². The van der Waals surface area contributed by atoms with E-state index in [0.717, 1.165) is 19.3 Å². The van der Waals surface area contributed by atoms with Crippen LogP contribution in [0.2, 0.25) is 0 Å². The molecule has 2 bridgehead atoms. The molecule has 28 heavy (non-hydrogen) atoms. The van der Waals surface area contributed by atoms with Gasteiger partial charge in [-0.2, -0.15) is 15.8 Å². The molecule has 1 saturated carbocycles. The fraction of sp³-hybridized carbons (Fsp3) is 0.524. The third kappa shape index (κ3) is 2.02. The Balaban J connectivity index is 1.96. The number of hydrogen-bond acceptors (Lipinski definition) is 7. The van der Waals surface area contributed by atoms with Crippen LogP contribution in [-0.4, -0.2) is 18.8 Å². The molecule has 0 aromatic heterocycles. The molecule has 0 radical (unpaired) electrons. The van der Waals surface area contributed by atoms with E-state index in [0.29, 0.717) is 24.2 Å². The van der Waals surface area contributed by atoms with Gasteiger partial charge in [-0.1, -0.05) is 25.0 Å². The number of nitrogens with one attached hydrogen (secondary N) is 1. The molecule has 7 heteroatoms. The van der Waals surface area contributed by atoms with Crippen molar-refractivity contribution < 1.29 is 14.2 Å². The quantitative estimate of drug-likeness (QED) is 0.841. The third-order valence-electron chi connectivity index (χ3n) is 6.48. The first-order valence-electron chi connectivity index (χ1n) is 9.37. The van der Waals surface area contributed by atoms with Crippen LogP contribution in [0, 0.1) is 56.2 Å². The molecular weight excluding hydrogens is 356 g/mol. The van der Waals surface area contributed by atoms with Gasteiger partial charge in [0.1, 0.15) is 11.9 Å². The number of nitriles is 3. The molecule has 1 aromatic carbocycles. The van der Waals surface area contributed by atoms with Crippen LogP contribution < -0.4 is 4.74 Å². The maximum atomic E-state index is 10.3. The Morgan fingerprint density at radius 3 is 2.39 bits per heavy atom. The fourth-order valence-electron chi connectivity index (χ4n) is 5.12. The van der Waals surface area contributed by atoms with Crippen molar-refractivity contribution in [1.29, 1.82) is 21.2 Å². The lowest BCUT2D eigenvalue weighted by atomic mass is 9.52. The van der Waals surface area contributed by atoms with Crippen molar-refractivity contribution in [3.63, 3.8) is 0 Å². The smallest absolute Gasteiger partial charge is 0.217 e. The summed E-state index contributed by atoms with van der Waals surface area (Å²) in [6, 6.07) is 13.3. The maximum absolute atomic E-state index is 10.3. The summed E-state index contributed by atoms with van der Waals surface area (Å²) >= 11 is 0. The van der Waals surface area contributed by atoms with Crippen molar-refractivity contribution in [2.45, 2.75) is 44.0 Å². The van der Waals surface area contributed by atoms with Crippen molar-refractivity contribution in [2.24, 2.45) is 16.7 Å². The summed E-state index contributed by atoms with van der Waals surface area (Å²) in [5.41, 5.74) is -2.96. The van der Waals surface area contributed by atoms with Gasteiger partial charge in [0.25, 0.3) is 0 Å². The number of rotatable bonds is 2. The van der Waals surface area contributed by atoms with E-state index in [2.05, 4.69) is 18.2 Å². The molecule has 7 nitrogen and oxygen atoms in total. The molecule has 142 valence electrons. The molecule has 2 saturated heterocycles. The largest absolute Gasteiger partial charge is 0.497 e. The molecule has 1 aromatic rings. The highest BCUT2D eigenvalue weighted by molar-refractivity contribution is 5.89. The van der Waals surface area contributed by atoms with Crippen LogP contribution in [0.3, 0.4) is 0 Å². The fourth-order valence-corrected chi connectivity index (χ4v) is 5.12. The molecule has 3 aliphatic rings. The number of ether oxygens (including phenoxy) is 3. The van der Waals surface area contributed by atoms with Crippen LogP contribution in [0.15, 0.2) is 24.3 Å². The van der Waals surface area contributed by atoms with Gasteiger partial charge in [-0.25, -0.2) is 0 Å². The summed E-state index contributed by atoms with van der Waals surface area (Å²) in [6.07, 6.45) is 2.74. The van der Waals surface area contributed by atoms with E-state index in [-0.39, 0.29) is 5.90 Å². The van der Waals surface area contributed by atoms with Crippen molar-refractivity contribution in [1.82, 2.24) is 0 Å². The lowest BCUT2D eigenvalue weighted by Crippen LogP contribution is -2.59. The molecule has 2 heterocycles. The third-order valence-corrected chi connectivity index (χ3v) is 6.48. The Morgan fingerprint density at radius 2 is 1.79 bits per heavy atom. The van der Waals surface area contributed by atoms with Crippen LogP contribution >= 0.6 is 0 Å². The lowest BCUT2D eigenvalue weighted by molar-refractivity contribution is -0.284. The van der Waals surface area contributed by atoms with Gasteiger partial charge in [0.15, 0.2) is 5.41 Å². The summed E-state index contributed by atoms with van der Waals surface area (Å²) in [5, 5.41) is 39.2. The number of nitrogens with zero attached hydrogens (tertiary/aromatic N) is 3. The van der Waals surface area contributed by atoms with Gasteiger partial charge in [-0.3, -0.25) is 5.41 Å². The van der Waals surface area contributed by atoms with Crippen LogP contribution in [0.4, 0.5) is 0 Å². The second kappa shape index (κ2) is 6.23. The van der Waals surface area contributed by atoms with Crippen molar-refractivity contribution in [3.05, 3.63) is 29.8 Å². The zero-order valence-electron chi connectivity index (χ0n) is 15.6. The van der Waals surface area contributed by atoms with Gasteiger partial charge in [0, 0.05) is 6.42 Å². The predicted molar refractivity (Wildman–Crippen MR) is 96.6 cm³/mol. The molecule has 4 atom stereocenters. The zero-order valence-corrected chi connectivity index (χ0v) is 15.6. The Bertz CT molecular complexity index is 924. The Hall–Kier alpha value is -3.08. The highest BCUT2D eigenvalue weighted by Gasteiger charge is 2.80. The van der Waals surface area contributed by atoms with E-state index in [1.54, 1.807) is 31.4 Å². The van der Waals surface area contributed by atoms with Crippen LogP contribution in [0.5, 0.6) is 5.75 Å². The van der Waals surface area contributed by atoms with Gasteiger partial charge in [0.2, 0.25) is 17.1 Å². The van der Waals surface area contributed by atoms with Crippen molar-refractivity contribution >= 4 is 5.90 Å². The van der Waals surface area contributed by atoms with E-state index < -0.39 is 28.6 Å². The first-order valence-corrected chi connectivity index (χ1v) is 9.37. The monoisotopic (exact) mass is 376 g/mol. The SMILES string of the molecule is COc1ccc([C@H]2O[C@@]34CCCCC[C@@H]3[C@@](C#N)(C(=N)O4)C2(C#N)C#N)cc1. The number of hydrogen-bond donors (Lipinski definition) is 1. The normalized spacial score (nSPS) is 35.3. The van der Waals surface area contributed by atoms with Crippen LogP contribution in [-0.2, 0) is 9.47 Å². The van der Waals surface area contributed by atoms with E-state index in [1.807, 2.05) is 0 Å². The van der Waals surface area contributed by atoms with Gasteiger partial charge in [-0.05, 0) is 30.5 Å². The molecule has 4 rings (SSSR count). The van der Waals surface area contributed by atoms with Gasteiger partial charge in [-0.15, -0.1) is 0 Å². The Kier molecular flexibility index (Phi) is 4.07. The van der Waals surface area contributed by atoms with Gasteiger partial charge >= 0.3 is 0 Å². The maximum Gasteiger partial charge on any atom is 0.217 e. The van der Waals surface area contributed by atoms with E-state index in [1.165, 1.54) is 0 Å². The van der Waals surface area contributed by atoms with Crippen LogP contribution in [0.25, 0.3) is 0 Å². The second-order valence-electron chi connectivity index (χ2n) is 7.62. The highest BCUT2D eigenvalue weighted by atomic mass is 16.7. The highest BCUT2D eigenvalue weighted by Crippen LogP contribution is 2.68. The first kappa shape index (κ1) is 18.3. The molecule has 3 fully saturated rings. The number of methoxy groups -OCH3 is 1. The molecule has 1 aliphatic carbocycles. The number of benzene rings is 1. The lowest BCUT2D eigenvalue weighted by Gasteiger charge is -2.49. The minimum Gasteiger partial charge on any atom is -0.497 e. The summed E-state index contributed by atoms with van der Waals surface area (Å²) in [6.45, 7) is 0. The van der Waals surface area contributed by atoms with Crippen molar-refractivity contribution in [3.8, 4) is 24.0 Å². The molecule has 0 unspecified atom stereocenters.